The Labute approximate surface area is 161 Å². The number of hydrogen-bond donors (Lipinski definition) is 1. The van der Waals surface area contributed by atoms with Crippen molar-refractivity contribution in [3.8, 4) is 5.75 Å². The maximum Gasteiger partial charge on any atom is 0.419 e. The van der Waals surface area contributed by atoms with Crippen LogP contribution in [0, 0.1) is 5.92 Å². The molecule has 1 saturated heterocycles. The van der Waals surface area contributed by atoms with E-state index in [1.807, 2.05) is 29.2 Å². The third-order valence-electron chi connectivity index (χ3n) is 4.93. The number of rotatable bonds is 5. The van der Waals surface area contributed by atoms with E-state index in [9.17, 15) is 18.0 Å². The van der Waals surface area contributed by atoms with Crippen LogP contribution in [0.25, 0.3) is 0 Å². The Morgan fingerprint density at radius 3 is 2.61 bits per heavy atom. The van der Waals surface area contributed by atoms with Crippen LogP contribution in [0.2, 0.25) is 0 Å². The van der Waals surface area contributed by atoms with Crippen LogP contribution in [-0.2, 0) is 17.5 Å². The third-order valence-corrected chi connectivity index (χ3v) is 4.93. The number of piperidine rings is 1. The summed E-state index contributed by atoms with van der Waals surface area (Å²) < 4.78 is 43.1. The van der Waals surface area contributed by atoms with Crippen LogP contribution in [0.4, 0.5) is 19.0 Å². The molecule has 3 rings (SSSR count). The number of anilines is 1. The molecule has 2 N–H and O–H groups in total. The number of carbonyl (C=O) groups is 1. The maximum absolute atomic E-state index is 12.7. The second-order valence-electron chi connectivity index (χ2n) is 6.79. The number of amides is 1. The highest BCUT2D eigenvalue weighted by molar-refractivity contribution is 5.79. The Bertz CT molecular complexity index is 801. The van der Waals surface area contributed by atoms with Crippen molar-refractivity contribution in [2.24, 2.45) is 5.92 Å². The molecule has 0 aliphatic carbocycles. The van der Waals surface area contributed by atoms with E-state index in [0.717, 1.165) is 23.6 Å². The Kier molecular flexibility index (Phi) is 6.06. The van der Waals surface area contributed by atoms with Gasteiger partial charge in [-0.3, -0.25) is 9.69 Å². The predicted molar refractivity (Wildman–Crippen MR) is 97.8 cm³/mol. The lowest BCUT2D eigenvalue weighted by atomic mass is 9.95. The van der Waals surface area contributed by atoms with Gasteiger partial charge in [0.1, 0.15) is 11.9 Å². The zero-order chi connectivity index (χ0) is 20.1. The average molecular weight is 394 g/mol. The number of ether oxygens (including phenoxy) is 1. The molecule has 1 aromatic carbocycles. The standard InChI is InChI=1S/C20H22F3N3O2/c1-28-17-4-2-3-14(11-17)12-25-19(27)15-7-9-26(10-8-15)18-6-5-16(13-24-18)20(21,22)23/h2-6,11,13,15H,7-10,12H2,1H3,(H,25,27)/p+1. The summed E-state index contributed by atoms with van der Waals surface area (Å²) in [6, 6.07) is 10.0. The van der Waals surface area contributed by atoms with Crippen LogP contribution < -0.4 is 19.9 Å². The van der Waals surface area contributed by atoms with Gasteiger partial charge in [-0.25, -0.2) is 4.98 Å². The highest BCUT2D eigenvalue weighted by Crippen LogP contribution is 2.29. The number of carbonyl (C=O) groups excluding carboxylic acids is 1. The highest BCUT2D eigenvalue weighted by atomic mass is 19.4. The molecule has 28 heavy (non-hydrogen) atoms. The van der Waals surface area contributed by atoms with E-state index in [4.69, 9.17) is 4.74 Å². The van der Waals surface area contributed by atoms with Crippen LogP contribution in [0.3, 0.4) is 0 Å². The summed E-state index contributed by atoms with van der Waals surface area (Å²) >= 11 is 0. The van der Waals surface area contributed by atoms with E-state index in [-0.39, 0.29) is 11.8 Å². The summed E-state index contributed by atoms with van der Waals surface area (Å²) in [5.74, 6) is 1.27. The van der Waals surface area contributed by atoms with Crippen molar-refractivity contribution >= 4 is 11.7 Å². The topological polar surface area (TPSA) is 55.7 Å². The first kappa shape index (κ1) is 20.0. The molecule has 8 heteroatoms. The summed E-state index contributed by atoms with van der Waals surface area (Å²) in [5, 5.41) is 2.95. The molecule has 2 aromatic rings. The smallest absolute Gasteiger partial charge is 0.419 e. The molecule has 1 aliphatic heterocycles. The van der Waals surface area contributed by atoms with Gasteiger partial charge in [-0.1, -0.05) is 12.1 Å². The summed E-state index contributed by atoms with van der Waals surface area (Å²) in [5.41, 5.74) is 0.257. The monoisotopic (exact) mass is 394 g/mol. The molecule has 0 unspecified atom stereocenters. The minimum absolute atomic E-state index is 0.00105. The van der Waals surface area contributed by atoms with Crippen LogP contribution >= 0.6 is 0 Å². The second kappa shape index (κ2) is 8.50. The van der Waals surface area contributed by atoms with E-state index < -0.39 is 11.7 Å². The Balaban J connectivity index is 1.49. The molecule has 0 bridgehead atoms. The van der Waals surface area contributed by atoms with E-state index in [2.05, 4.69) is 10.3 Å². The van der Waals surface area contributed by atoms with Crippen molar-refractivity contribution in [3.05, 3.63) is 53.7 Å². The number of H-pyrrole nitrogens is 1. The Morgan fingerprint density at radius 2 is 2.00 bits per heavy atom. The third kappa shape index (κ3) is 4.94. The minimum Gasteiger partial charge on any atom is -0.497 e. The summed E-state index contributed by atoms with van der Waals surface area (Å²) in [6.45, 7) is 1.65. The SMILES string of the molecule is COc1cccc(CNC(=O)C2CCN(c3ccc(C(F)(F)F)c[nH+]3)CC2)c1. The molecule has 0 saturated carbocycles. The number of nitrogens with one attached hydrogen (secondary N) is 2. The number of aromatic amines is 1. The quantitative estimate of drug-likeness (QED) is 0.848. The van der Waals surface area contributed by atoms with E-state index in [1.165, 1.54) is 6.07 Å². The summed E-state index contributed by atoms with van der Waals surface area (Å²) in [4.78, 5) is 17.1. The number of aromatic nitrogens is 1. The van der Waals surface area contributed by atoms with Gasteiger partial charge in [0.2, 0.25) is 5.91 Å². The number of pyridine rings is 1. The van der Waals surface area contributed by atoms with Gasteiger partial charge in [0.25, 0.3) is 5.82 Å². The Morgan fingerprint density at radius 1 is 1.25 bits per heavy atom. The molecule has 1 aliphatic rings. The number of methoxy groups -OCH3 is 1. The fourth-order valence-corrected chi connectivity index (χ4v) is 3.29. The lowest BCUT2D eigenvalue weighted by molar-refractivity contribution is -0.367. The number of hydrogen-bond acceptors (Lipinski definition) is 3. The van der Waals surface area contributed by atoms with Crippen LogP contribution in [-0.4, -0.2) is 26.1 Å². The van der Waals surface area contributed by atoms with Crippen molar-refractivity contribution < 1.29 is 27.7 Å². The average Bonchev–Trinajstić information content (AvgIpc) is 2.72. The van der Waals surface area contributed by atoms with Gasteiger partial charge in [0, 0.05) is 18.5 Å². The fourth-order valence-electron chi connectivity index (χ4n) is 3.29. The number of nitrogens with zero attached hydrogens (tertiary/aromatic N) is 1. The normalized spacial score (nSPS) is 15.4. The molecule has 0 spiro atoms. The second-order valence-corrected chi connectivity index (χ2v) is 6.79. The number of benzene rings is 1. The predicted octanol–water partition coefficient (Wildman–Crippen LogP) is 3.06. The number of alkyl halides is 3. The van der Waals surface area contributed by atoms with Gasteiger partial charge in [0.15, 0.2) is 0 Å². The molecule has 1 amide bonds. The number of halogens is 3. The zero-order valence-electron chi connectivity index (χ0n) is 15.6. The van der Waals surface area contributed by atoms with E-state index >= 15 is 0 Å². The van der Waals surface area contributed by atoms with Gasteiger partial charge in [-0.15, -0.1) is 0 Å². The van der Waals surface area contributed by atoms with Gasteiger partial charge >= 0.3 is 6.18 Å². The molecule has 0 radical (unpaired) electrons. The first-order chi connectivity index (χ1) is 13.4. The molecule has 150 valence electrons. The van der Waals surface area contributed by atoms with Gasteiger partial charge in [0.05, 0.1) is 25.8 Å². The minimum atomic E-state index is -4.36. The molecule has 5 nitrogen and oxygen atoms in total. The van der Waals surface area contributed by atoms with E-state index in [1.54, 1.807) is 7.11 Å². The van der Waals surface area contributed by atoms with Crippen molar-refractivity contribution in [1.82, 2.24) is 5.32 Å². The van der Waals surface area contributed by atoms with Crippen LogP contribution in [0.1, 0.15) is 24.0 Å². The summed E-state index contributed by atoms with van der Waals surface area (Å²) in [7, 11) is 1.60. The molecular weight excluding hydrogens is 371 g/mol. The van der Waals surface area contributed by atoms with E-state index in [0.29, 0.717) is 38.3 Å². The highest BCUT2D eigenvalue weighted by Gasteiger charge is 2.33. The summed E-state index contributed by atoms with van der Waals surface area (Å²) in [6.07, 6.45) is -2.08. The fraction of sp³-hybridized carbons (Fsp3) is 0.400. The Hall–Kier alpha value is -2.77. The molecule has 1 aromatic heterocycles. The van der Waals surface area contributed by atoms with Crippen molar-refractivity contribution in [2.75, 3.05) is 25.1 Å². The molecule has 0 atom stereocenters. The van der Waals surface area contributed by atoms with Crippen molar-refractivity contribution in [1.29, 1.82) is 0 Å². The molecular formula is C20H23F3N3O2+. The molecule has 1 fully saturated rings. The molecule has 2 heterocycles. The lowest BCUT2D eigenvalue weighted by Gasteiger charge is -2.27. The first-order valence-corrected chi connectivity index (χ1v) is 9.11. The zero-order valence-corrected chi connectivity index (χ0v) is 15.6. The largest absolute Gasteiger partial charge is 0.497 e. The van der Waals surface area contributed by atoms with Crippen molar-refractivity contribution in [2.45, 2.75) is 25.6 Å². The van der Waals surface area contributed by atoms with Crippen molar-refractivity contribution in [3.63, 3.8) is 0 Å². The van der Waals surface area contributed by atoms with Crippen LogP contribution in [0.5, 0.6) is 5.75 Å². The van der Waals surface area contributed by atoms with Gasteiger partial charge in [-0.05, 0) is 36.6 Å². The lowest BCUT2D eigenvalue weighted by Crippen LogP contribution is -2.42. The van der Waals surface area contributed by atoms with Gasteiger partial charge < -0.3 is 10.1 Å². The first-order valence-electron chi connectivity index (χ1n) is 9.11. The van der Waals surface area contributed by atoms with Gasteiger partial charge in [-0.2, -0.15) is 13.2 Å². The van der Waals surface area contributed by atoms with Crippen LogP contribution in [0.15, 0.2) is 42.6 Å². The maximum atomic E-state index is 12.7.